The van der Waals surface area contributed by atoms with Gasteiger partial charge in [0.05, 0.1) is 12.2 Å². The number of aliphatic imine (C=N–C) groups is 2. The van der Waals surface area contributed by atoms with Gasteiger partial charge >= 0.3 is 0 Å². The van der Waals surface area contributed by atoms with E-state index in [0.29, 0.717) is 23.8 Å². The molecule has 0 unspecified atom stereocenters. The molecular formula is C20H19N5O2. The third-order valence-corrected chi connectivity index (χ3v) is 4.45. The van der Waals surface area contributed by atoms with Gasteiger partial charge in [0.15, 0.2) is 0 Å². The highest BCUT2D eigenvalue weighted by atomic mass is 16.3. The van der Waals surface area contributed by atoms with Crippen LogP contribution >= 0.6 is 0 Å². The first-order valence-electron chi connectivity index (χ1n) is 8.68. The summed E-state index contributed by atoms with van der Waals surface area (Å²) in [6.45, 7) is 4.86. The van der Waals surface area contributed by atoms with E-state index in [4.69, 9.17) is 4.99 Å². The van der Waals surface area contributed by atoms with Crippen molar-refractivity contribution in [3.05, 3.63) is 59.3 Å². The number of anilines is 1. The Morgan fingerprint density at radius 2 is 2.15 bits per heavy atom. The van der Waals surface area contributed by atoms with Gasteiger partial charge in [-0.2, -0.15) is 0 Å². The Balaban J connectivity index is 1.69. The summed E-state index contributed by atoms with van der Waals surface area (Å²) in [5.41, 5.74) is 3.51. The van der Waals surface area contributed by atoms with E-state index in [9.17, 15) is 9.90 Å². The number of carbonyl (C=O) groups is 1. The molecule has 2 aliphatic heterocycles. The lowest BCUT2D eigenvalue weighted by Gasteiger charge is -2.26. The van der Waals surface area contributed by atoms with Crippen LogP contribution < -0.4 is 5.32 Å². The molecule has 0 fully saturated rings. The Hall–Kier alpha value is -3.48. The number of nitrogens with zero attached hydrogens (tertiary/aromatic N) is 4. The highest BCUT2D eigenvalue weighted by molar-refractivity contribution is 6.20. The summed E-state index contributed by atoms with van der Waals surface area (Å²) in [7, 11) is 0. The molecule has 0 aliphatic carbocycles. The topological polar surface area (TPSA) is 90.2 Å². The van der Waals surface area contributed by atoms with Crippen molar-refractivity contribution >= 4 is 34.8 Å². The maximum absolute atomic E-state index is 11.1. The van der Waals surface area contributed by atoms with E-state index in [1.807, 2.05) is 30.0 Å². The maximum Gasteiger partial charge on any atom is 0.222 e. The molecule has 7 nitrogen and oxygen atoms in total. The number of carbonyl (C=O) groups excluding carboxylic acids is 1. The van der Waals surface area contributed by atoms with Gasteiger partial charge in [-0.15, -0.1) is 0 Å². The van der Waals surface area contributed by atoms with E-state index in [0.717, 1.165) is 29.2 Å². The van der Waals surface area contributed by atoms with E-state index < -0.39 is 0 Å². The van der Waals surface area contributed by atoms with Crippen LogP contribution in [0.25, 0.3) is 5.76 Å². The number of aryl methyl sites for hydroxylation is 1. The number of pyridine rings is 1. The molecule has 4 rings (SSSR count). The second-order valence-corrected chi connectivity index (χ2v) is 6.44. The first-order valence-corrected chi connectivity index (χ1v) is 8.68. The average molecular weight is 361 g/mol. The number of benzene rings is 1. The fourth-order valence-electron chi connectivity index (χ4n) is 3.18. The summed E-state index contributed by atoms with van der Waals surface area (Å²) in [4.78, 5) is 26.6. The van der Waals surface area contributed by atoms with Crippen LogP contribution in [0.1, 0.15) is 23.6 Å². The van der Waals surface area contributed by atoms with Crippen LogP contribution in [0.5, 0.6) is 0 Å². The van der Waals surface area contributed by atoms with Gasteiger partial charge in [0.25, 0.3) is 0 Å². The van der Waals surface area contributed by atoms with Crippen molar-refractivity contribution in [2.24, 2.45) is 9.98 Å². The lowest BCUT2D eigenvalue weighted by atomic mass is 10.0. The van der Waals surface area contributed by atoms with E-state index in [2.05, 4.69) is 15.3 Å². The van der Waals surface area contributed by atoms with E-state index in [1.54, 1.807) is 18.2 Å². The number of aromatic nitrogens is 1. The molecule has 136 valence electrons. The quantitative estimate of drug-likeness (QED) is 0.822. The number of rotatable bonds is 3. The molecule has 0 spiro atoms. The molecule has 27 heavy (non-hydrogen) atoms. The minimum Gasteiger partial charge on any atom is -0.507 e. The van der Waals surface area contributed by atoms with Gasteiger partial charge in [0, 0.05) is 36.9 Å². The SMILES string of the molecule is CC(=O)Nc1ccc(/C(O)=C/C2=Nc3c(C)cccc3C3=NCCN23)cn1. The molecule has 2 aromatic rings. The third-order valence-electron chi connectivity index (χ3n) is 4.45. The molecule has 0 saturated carbocycles. The summed E-state index contributed by atoms with van der Waals surface area (Å²) in [6, 6.07) is 9.38. The minimum absolute atomic E-state index is 0.0545. The van der Waals surface area contributed by atoms with Crippen molar-refractivity contribution in [1.82, 2.24) is 9.88 Å². The van der Waals surface area contributed by atoms with Crippen molar-refractivity contribution in [3.63, 3.8) is 0 Å². The first-order chi connectivity index (χ1) is 13.0. The number of aliphatic hydroxyl groups is 1. The van der Waals surface area contributed by atoms with Crippen LogP contribution in [0.4, 0.5) is 11.5 Å². The molecule has 0 saturated heterocycles. The van der Waals surface area contributed by atoms with Gasteiger partial charge in [-0.05, 0) is 30.7 Å². The Morgan fingerprint density at radius 1 is 1.30 bits per heavy atom. The molecule has 1 amide bonds. The molecule has 1 aromatic carbocycles. The van der Waals surface area contributed by atoms with Crippen LogP contribution in [-0.2, 0) is 4.79 Å². The van der Waals surface area contributed by atoms with Crippen molar-refractivity contribution in [2.75, 3.05) is 18.4 Å². The Bertz CT molecular complexity index is 1010. The van der Waals surface area contributed by atoms with Gasteiger partial charge in [-0.1, -0.05) is 12.1 Å². The van der Waals surface area contributed by atoms with E-state index >= 15 is 0 Å². The molecule has 2 N–H and O–H groups in total. The summed E-state index contributed by atoms with van der Waals surface area (Å²) in [5, 5.41) is 13.2. The predicted octanol–water partition coefficient (Wildman–Crippen LogP) is 3.05. The van der Waals surface area contributed by atoms with Gasteiger partial charge in [0.1, 0.15) is 23.2 Å². The fourth-order valence-corrected chi connectivity index (χ4v) is 3.18. The zero-order valence-electron chi connectivity index (χ0n) is 15.1. The smallest absolute Gasteiger partial charge is 0.222 e. The highest BCUT2D eigenvalue weighted by Crippen LogP contribution is 2.32. The van der Waals surface area contributed by atoms with Crippen LogP contribution in [-0.4, -0.2) is 45.7 Å². The number of fused-ring (bicyclic) bond motifs is 3. The monoisotopic (exact) mass is 361 g/mol. The van der Waals surface area contributed by atoms with Crippen LogP contribution in [0.2, 0.25) is 0 Å². The molecule has 7 heteroatoms. The predicted molar refractivity (Wildman–Crippen MR) is 106 cm³/mol. The standard InChI is InChI=1S/C20H19N5O2/c1-12-4-3-5-15-19(12)24-18(25-9-8-21-20(15)25)10-16(27)14-6-7-17(22-11-14)23-13(2)26/h3-7,10-11,27H,8-9H2,1-2H3,(H,22,23,26)/b16-10-. The number of amidine groups is 2. The molecule has 0 atom stereocenters. The third kappa shape index (κ3) is 3.19. The van der Waals surface area contributed by atoms with Crippen molar-refractivity contribution < 1.29 is 9.90 Å². The number of hydrogen-bond acceptors (Lipinski definition) is 6. The molecule has 2 aliphatic rings. The summed E-state index contributed by atoms with van der Waals surface area (Å²) < 4.78 is 0. The zero-order valence-corrected chi connectivity index (χ0v) is 15.1. The number of para-hydroxylation sites is 1. The zero-order chi connectivity index (χ0) is 19.0. The summed E-state index contributed by atoms with van der Waals surface area (Å²) in [5.74, 6) is 1.84. The lowest BCUT2D eigenvalue weighted by Crippen LogP contribution is -2.36. The van der Waals surface area contributed by atoms with E-state index in [-0.39, 0.29) is 11.7 Å². The lowest BCUT2D eigenvalue weighted by molar-refractivity contribution is -0.114. The van der Waals surface area contributed by atoms with Crippen molar-refractivity contribution in [3.8, 4) is 0 Å². The molecule has 1 aromatic heterocycles. The molecule has 0 radical (unpaired) electrons. The first kappa shape index (κ1) is 17.0. The van der Waals surface area contributed by atoms with Crippen molar-refractivity contribution in [1.29, 1.82) is 0 Å². The highest BCUT2D eigenvalue weighted by Gasteiger charge is 2.29. The summed E-state index contributed by atoms with van der Waals surface area (Å²) >= 11 is 0. The average Bonchev–Trinajstić information content (AvgIpc) is 3.13. The van der Waals surface area contributed by atoms with Crippen molar-refractivity contribution in [2.45, 2.75) is 13.8 Å². The van der Waals surface area contributed by atoms with Gasteiger partial charge in [-0.3, -0.25) is 9.79 Å². The number of hydrogen-bond donors (Lipinski definition) is 2. The Kier molecular flexibility index (Phi) is 4.19. The largest absolute Gasteiger partial charge is 0.507 e. The van der Waals surface area contributed by atoms with Crippen LogP contribution in [0, 0.1) is 6.92 Å². The number of aliphatic hydroxyl groups excluding tert-OH is 1. The number of amides is 1. The maximum atomic E-state index is 11.1. The van der Waals surface area contributed by atoms with Crippen LogP contribution in [0.3, 0.4) is 0 Å². The minimum atomic E-state index is -0.193. The van der Waals surface area contributed by atoms with Gasteiger partial charge < -0.3 is 15.3 Å². The summed E-state index contributed by atoms with van der Waals surface area (Å²) in [6.07, 6.45) is 3.14. The number of nitrogens with one attached hydrogen (secondary N) is 1. The fraction of sp³-hybridized carbons (Fsp3) is 0.200. The van der Waals surface area contributed by atoms with E-state index in [1.165, 1.54) is 13.1 Å². The van der Waals surface area contributed by atoms with Crippen LogP contribution in [0.15, 0.2) is 52.6 Å². The van der Waals surface area contributed by atoms with Gasteiger partial charge in [0.2, 0.25) is 5.91 Å². The normalized spacial score (nSPS) is 15.6. The molecule has 3 heterocycles. The van der Waals surface area contributed by atoms with Gasteiger partial charge in [-0.25, -0.2) is 9.98 Å². The Labute approximate surface area is 156 Å². The molecular weight excluding hydrogens is 342 g/mol. The second kappa shape index (κ2) is 6.68. The second-order valence-electron chi connectivity index (χ2n) is 6.44. The molecule has 0 bridgehead atoms. The Morgan fingerprint density at radius 3 is 2.89 bits per heavy atom.